The molecule has 1 aliphatic heterocycles. The fraction of sp³-hybridized carbons (Fsp3) is 0.400. The van der Waals surface area contributed by atoms with E-state index in [-0.39, 0.29) is 5.91 Å². The van der Waals surface area contributed by atoms with Gasteiger partial charge in [-0.1, -0.05) is 18.2 Å². The van der Waals surface area contributed by atoms with Gasteiger partial charge >= 0.3 is 0 Å². The van der Waals surface area contributed by atoms with E-state index >= 15 is 0 Å². The molecule has 19 heavy (non-hydrogen) atoms. The standard InChI is InChI=1S/C15H18N2OS/c1-17(12-6-7-19-10-12)15(18)8-11-9-16-14-5-3-2-4-13(11)14/h2-5,9,12,16H,6-8,10H2,1H3. The Morgan fingerprint density at radius 3 is 3.11 bits per heavy atom. The summed E-state index contributed by atoms with van der Waals surface area (Å²) in [5.74, 6) is 2.48. The first-order chi connectivity index (χ1) is 9.25. The number of H-pyrrole nitrogens is 1. The number of aromatic nitrogens is 1. The lowest BCUT2D eigenvalue weighted by Crippen LogP contribution is -2.37. The van der Waals surface area contributed by atoms with Gasteiger partial charge in [-0.3, -0.25) is 4.79 Å². The van der Waals surface area contributed by atoms with Gasteiger partial charge in [-0.05, 0) is 23.8 Å². The third-order valence-corrected chi connectivity index (χ3v) is 5.01. The number of carbonyl (C=O) groups is 1. The molecule has 1 aliphatic rings. The summed E-state index contributed by atoms with van der Waals surface area (Å²) in [5.41, 5.74) is 2.20. The van der Waals surface area contributed by atoms with E-state index in [1.165, 1.54) is 5.75 Å². The number of likely N-dealkylation sites (N-methyl/N-ethyl adjacent to an activating group) is 1. The zero-order valence-electron chi connectivity index (χ0n) is 11.1. The van der Waals surface area contributed by atoms with Crippen LogP contribution in [0.4, 0.5) is 0 Å². The number of benzene rings is 1. The maximum absolute atomic E-state index is 12.3. The lowest BCUT2D eigenvalue weighted by atomic mass is 10.1. The first kappa shape index (κ1) is 12.6. The number of hydrogen-bond donors (Lipinski definition) is 1. The van der Waals surface area contributed by atoms with Crippen LogP contribution in [0.1, 0.15) is 12.0 Å². The van der Waals surface area contributed by atoms with Gasteiger partial charge in [0.2, 0.25) is 5.91 Å². The van der Waals surface area contributed by atoms with Crippen molar-refractivity contribution < 1.29 is 4.79 Å². The summed E-state index contributed by atoms with van der Waals surface area (Å²) >= 11 is 1.94. The van der Waals surface area contributed by atoms with Crippen molar-refractivity contribution in [3.63, 3.8) is 0 Å². The van der Waals surface area contributed by atoms with Crippen molar-refractivity contribution in [2.45, 2.75) is 18.9 Å². The van der Waals surface area contributed by atoms with Crippen molar-refractivity contribution >= 4 is 28.6 Å². The Bertz CT molecular complexity index is 587. The molecule has 1 fully saturated rings. The highest BCUT2D eigenvalue weighted by atomic mass is 32.2. The summed E-state index contributed by atoms with van der Waals surface area (Å²) in [5, 5.41) is 1.16. The number of aromatic amines is 1. The fourth-order valence-corrected chi connectivity index (χ4v) is 3.86. The van der Waals surface area contributed by atoms with Crippen LogP contribution in [0.15, 0.2) is 30.5 Å². The van der Waals surface area contributed by atoms with Crippen LogP contribution in [0, 0.1) is 0 Å². The van der Waals surface area contributed by atoms with Gasteiger partial charge in [-0.25, -0.2) is 0 Å². The van der Waals surface area contributed by atoms with Gasteiger partial charge in [-0.15, -0.1) is 0 Å². The van der Waals surface area contributed by atoms with Crippen LogP contribution in [0.2, 0.25) is 0 Å². The van der Waals surface area contributed by atoms with Crippen molar-refractivity contribution in [2.75, 3.05) is 18.6 Å². The Hall–Kier alpha value is -1.42. The molecule has 0 spiro atoms. The minimum Gasteiger partial charge on any atom is -0.361 e. The molecule has 0 radical (unpaired) electrons. The maximum atomic E-state index is 12.3. The molecule has 1 saturated heterocycles. The van der Waals surface area contributed by atoms with Crippen molar-refractivity contribution in [1.29, 1.82) is 0 Å². The van der Waals surface area contributed by atoms with E-state index in [4.69, 9.17) is 0 Å². The molecule has 4 heteroatoms. The average molecular weight is 274 g/mol. The van der Waals surface area contributed by atoms with Gasteiger partial charge in [0, 0.05) is 35.9 Å². The predicted octanol–water partition coefficient (Wildman–Crippen LogP) is 2.67. The third kappa shape index (κ3) is 2.50. The summed E-state index contributed by atoms with van der Waals surface area (Å²) in [6.45, 7) is 0. The highest BCUT2D eigenvalue weighted by molar-refractivity contribution is 7.99. The Balaban J connectivity index is 1.75. The molecule has 1 aromatic heterocycles. The van der Waals surface area contributed by atoms with Crippen LogP contribution >= 0.6 is 11.8 Å². The average Bonchev–Trinajstić information content (AvgIpc) is 3.08. The number of fused-ring (bicyclic) bond motifs is 1. The minimum atomic E-state index is 0.220. The molecule has 2 heterocycles. The second kappa shape index (κ2) is 5.29. The normalized spacial score (nSPS) is 18.9. The lowest BCUT2D eigenvalue weighted by Gasteiger charge is -2.23. The van der Waals surface area contributed by atoms with Crippen molar-refractivity contribution in [2.24, 2.45) is 0 Å². The van der Waals surface area contributed by atoms with Crippen LogP contribution < -0.4 is 0 Å². The number of carbonyl (C=O) groups excluding carboxylic acids is 1. The second-order valence-corrected chi connectivity index (χ2v) is 6.21. The molecule has 1 aromatic carbocycles. The van der Waals surface area contributed by atoms with Crippen molar-refractivity contribution in [3.05, 3.63) is 36.0 Å². The number of rotatable bonds is 3. The molecule has 2 aromatic rings. The van der Waals surface area contributed by atoms with Crippen molar-refractivity contribution in [1.82, 2.24) is 9.88 Å². The zero-order valence-corrected chi connectivity index (χ0v) is 11.9. The van der Waals surface area contributed by atoms with Crippen LogP contribution in [0.5, 0.6) is 0 Å². The molecule has 1 N–H and O–H groups in total. The number of nitrogens with zero attached hydrogens (tertiary/aromatic N) is 1. The number of hydrogen-bond acceptors (Lipinski definition) is 2. The number of amides is 1. The van der Waals surface area contributed by atoms with Crippen molar-refractivity contribution in [3.8, 4) is 0 Å². The minimum absolute atomic E-state index is 0.220. The van der Waals surface area contributed by atoms with Gasteiger partial charge in [0.15, 0.2) is 0 Å². The summed E-state index contributed by atoms with van der Waals surface area (Å²) in [4.78, 5) is 17.5. The topological polar surface area (TPSA) is 36.1 Å². The summed E-state index contributed by atoms with van der Waals surface area (Å²) in [7, 11) is 1.94. The second-order valence-electron chi connectivity index (χ2n) is 5.06. The Labute approximate surface area is 117 Å². The molecular weight excluding hydrogens is 256 g/mol. The fourth-order valence-electron chi connectivity index (χ4n) is 2.60. The van der Waals surface area contributed by atoms with E-state index in [2.05, 4.69) is 11.1 Å². The molecule has 1 amide bonds. The van der Waals surface area contributed by atoms with Gasteiger partial charge in [0.25, 0.3) is 0 Å². The highest BCUT2D eigenvalue weighted by Crippen LogP contribution is 2.23. The molecule has 3 rings (SSSR count). The van der Waals surface area contributed by atoms with E-state index < -0.39 is 0 Å². The first-order valence-corrected chi connectivity index (χ1v) is 7.79. The van der Waals surface area contributed by atoms with Gasteiger partial charge in [0.05, 0.1) is 6.42 Å². The number of para-hydroxylation sites is 1. The molecule has 1 unspecified atom stereocenters. The molecule has 0 aliphatic carbocycles. The summed E-state index contributed by atoms with van der Waals surface area (Å²) in [6.07, 6.45) is 3.57. The zero-order chi connectivity index (χ0) is 13.2. The van der Waals surface area contributed by atoms with Crippen LogP contribution in [-0.2, 0) is 11.2 Å². The van der Waals surface area contributed by atoms with E-state index in [9.17, 15) is 4.79 Å². The highest BCUT2D eigenvalue weighted by Gasteiger charge is 2.24. The number of thioether (sulfide) groups is 1. The van der Waals surface area contributed by atoms with E-state index in [0.29, 0.717) is 12.5 Å². The first-order valence-electron chi connectivity index (χ1n) is 6.64. The molecule has 0 saturated carbocycles. The summed E-state index contributed by atoms with van der Waals surface area (Å²) < 4.78 is 0. The largest absolute Gasteiger partial charge is 0.361 e. The number of nitrogens with one attached hydrogen (secondary N) is 1. The van der Waals surface area contributed by atoms with Gasteiger partial charge < -0.3 is 9.88 Å². The van der Waals surface area contributed by atoms with E-state index in [1.54, 1.807) is 0 Å². The van der Waals surface area contributed by atoms with Crippen LogP contribution in [-0.4, -0.2) is 40.4 Å². The Kier molecular flexibility index (Phi) is 3.51. The van der Waals surface area contributed by atoms with Gasteiger partial charge in [0.1, 0.15) is 0 Å². The third-order valence-electron chi connectivity index (χ3n) is 3.86. The predicted molar refractivity (Wildman–Crippen MR) is 80.5 cm³/mol. The molecular formula is C15H18N2OS. The SMILES string of the molecule is CN(C(=O)Cc1c[nH]c2ccccc12)C1CCSC1. The Morgan fingerprint density at radius 2 is 2.32 bits per heavy atom. The van der Waals surface area contributed by atoms with Crippen LogP contribution in [0.25, 0.3) is 10.9 Å². The molecule has 1 atom stereocenters. The van der Waals surface area contributed by atoms with Crippen LogP contribution in [0.3, 0.4) is 0 Å². The molecule has 0 bridgehead atoms. The Morgan fingerprint density at radius 1 is 1.47 bits per heavy atom. The molecule has 3 nitrogen and oxygen atoms in total. The smallest absolute Gasteiger partial charge is 0.227 e. The quantitative estimate of drug-likeness (QED) is 0.934. The van der Waals surface area contributed by atoms with Gasteiger partial charge in [-0.2, -0.15) is 11.8 Å². The monoisotopic (exact) mass is 274 g/mol. The summed E-state index contributed by atoms with van der Waals surface area (Å²) in [6, 6.07) is 8.55. The lowest BCUT2D eigenvalue weighted by molar-refractivity contribution is -0.130. The van der Waals surface area contributed by atoms with E-state index in [1.807, 2.05) is 48.1 Å². The maximum Gasteiger partial charge on any atom is 0.227 e. The molecule has 100 valence electrons. The van der Waals surface area contributed by atoms with E-state index in [0.717, 1.165) is 28.6 Å².